The number of carboxylic acids is 1. The minimum atomic E-state index is -1.07. The quantitative estimate of drug-likeness (QED) is 0.0159. The molecular formula is C86H120N10O17. The first-order valence-corrected chi connectivity index (χ1v) is 38.7. The van der Waals surface area contributed by atoms with Crippen LogP contribution in [0.25, 0.3) is 0 Å². The monoisotopic (exact) mass is 1560 g/mol. The number of carbonyl (C=O) groups is 10. The van der Waals surface area contributed by atoms with Crippen LogP contribution in [0.1, 0.15) is 231 Å². The summed E-state index contributed by atoms with van der Waals surface area (Å²) in [7, 11) is 0. The molecular weight excluding hydrogens is 1440 g/mol. The van der Waals surface area contributed by atoms with E-state index in [0.717, 1.165) is 25.7 Å². The molecule has 616 valence electrons. The summed E-state index contributed by atoms with van der Waals surface area (Å²) in [5, 5.41) is 25.6. The van der Waals surface area contributed by atoms with Gasteiger partial charge in [0.1, 0.15) is 34.5 Å². The minimum Gasteiger partial charge on any atom is -0.491 e. The molecule has 0 saturated carbocycles. The van der Waals surface area contributed by atoms with Gasteiger partial charge in [-0.3, -0.25) is 47.9 Å². The predicted octanol–water partition coefficient (Wildman–Crippen LogP) is 15.5. The normalized spacial score (nSPS) is 11.0. The molecule has 13 N–H and O–H groups in total. The molecule has 0 unspecified atom stereocenters. The number of carboxylic acid groups (broad SMARTS) is 1. The van der Waals surface area contributed by atoms with E-state index in [-0.39, 0.29) is 119 Å². The standard InChI is InChI=1S/C30H44N4O5.C30H43N3O5.C26H33N3O7/c1-18(2)16-38-26-13-22(9-11-24(26)32-28(35)15-31)29(36)33-25-12-10-23(14-27(25)39-17-19(3)4)30(37)34(20(5)6)21(7)8;1-6-7-8-9-10-11-28(34)32-24-15-13-23(17-27(24)38-19-21(4)5)30(36)33-25-14-12-22(29(31)35)16-26(25)37-18-20(2)3;1-15(2)13-35-21-11-17(25(27)33)5-7-20(21)29-26(34)18-6-8-19(22(12-18)36-14-16(3)4)28-23(30)9-10-24(31)32/h9-14,18-21H,15-17,31H2,1-8H3,(H,32,35)(H,33,36);12-17,20-21H,6-11,18-19H2,1-5H3,(H2,31,35)(H,32,34)(H,33,36);5-8,11-12,15-16H,9-10,13-14H2,1-4H3,(H2,27,33)(H,28,30)(H,29,34)(H,31,32). The Morgan fingerprint density at radius 2 is 0.593 bits per heavy atom. The third-order valence-electron chi connectivity index (χ3n) is 16.1. The number of aliphatic carboxylic acids is 1. The van der Waals surface area contributed by atoms with E-state index in [0.29, 0.717) is 126 Å². The average Bonchev–Trinajstić information content (AvgIpc) is 0.885. The van der Waals surface area contributed by atoms with E-state index < -0.39 is 29.6 Å². The summed E-state index contributed by atoms with van der Waals surface area (Å²) in [6, 6.07) is 28.6. The lowest BCUT2D eigenvalue weighted by Crippen LogP contribution is -2.42. The molecule has 0 atom stereocenters. The summed E-state index contributed by atoms with van der Waals surface area (Å²) in [6.07, 6.45) is 5.28. The van der Waals surface area contributed by atoms with Crippen LogP contribution in [-0.2, 0) is 19.2 Å². The van der Waals surface area contributed by atoms with E-state index in [1.54, 1.807) is 66.7 Å². The van der Waals surface area contributed by atoms with Crippen molar-refractivity contribution >= 4 is 93.3 Å². The Hall–Kier alpha value is -11.2. The minimum absolute atomic E-state index is 0.0293. The number of unbranched alkanes of at least 4 members (excludes halogenated alkanes) is 4. The van der Waals surface area contributed by atoms with Gasteiger partial charge in [-0.2, -0.15) is 0 Å². The number of benzene rings is 6. The van der Waals surface area contributed by atoms with Crippen LogP contribution in [0.3, 0.4) is 0 Å². The topological polar surface area (TPSA) is 400 Å². The van der Waals surface area contributed by atoms with Gasteiger partial charge in [0.25, 0.3) is 23.6 Å². The lowest BCUT2D eigenvalue weighted by atomic mass is 10.1. The van der Waals surface area contributed by atoms with Crippen LogP contribution < -0.4 is 77.5 Å². The van der Waals surface area contributed by atoms with E-state index in [1.807, 2.05) is 116 Å². The van der Waals surface area contributed by atoms with Gasteiger partial charge in [-0.15, -0.1) is 0 Å². The highest BCUT2D eigenvalue weighted by molar-refractivity contribution is 6.09. The Kier molecular flexibility index (Phi) is 39.9. The SMILES string of the molecule is CC(C)COc1cc(C(=O)Nc2ccc(C(=O)N(C(C)C)C(C)C)cc2OCC(C)C)ccc1NC(=O)CN.CC(C)COc1cc(C(=O)Nc2ccc(C(N)=O)cc2OCC(C)C)ccc1NC(=O)CCC(=O)O.CCCCCCCC(=O)Nc1ccc(C(=O)Nc2ccc(C(N)=O)cc2OCC(C)C)cc1OCC(C)C. The van der Waals surface area contributed by atoms with Gasteiger partial charge in [0.15, 0.2) is 0 Å². The van der Waals surface area contributed by atoms with E-state index >= 15 is 0 Å². The first-order valence-electron chi connectivity index (χ1n) is 38.7. The van der Waals surface area contributed by atoms with Crippen molar-refractivity contribution in [3.05, 3.63) is 143 Å². The zero-order valence-corrected chi connectivity index (χ0v) is 68.8. The van der Waals surface area contributed by atoms with Crippen LogP contribution in [0.2, 0.25) is 0 Å². The molecule has 0 aromatic heterocycles. The highest BCUT2D eigenvalue weighted by atomic mass is 16.5. The number of primary amides is 2. The van der Waals surface area contributed by atoms with Crippen molar-refractivity contribution in [3.8, 4) is 34.5 Å². The second kappa shape index (κ2) is 47.9. The van der Waals surface area contributed by atoms with Crippen LogP contribution >= 0.6 is 0 Å². The zero-order valence-electron chi connectivity index (χ0n) is 68.8. The molecule has 9 amide bonds. The summed E-state index contributed by atoms with van der Waals surface area (Å²) in [4.78, 5) is 125. The number of hydrogen-bond donors (Lipinski definition) is 10. The third kappa shape index (κ3) is 33.7. The van der Waals surface area contributed by atoms with Crippen LogP contribution in [0.15, 0.2) is 109 Å². The number of nitrogens with two attached hydrogens (primary N) is 3. The highest BCUT2D eigenvalue weighted by Gasteiger charge is 2.26. The van der Waals surface area contributed by atoms with Crippen molar-refractivity contribution in [3.63, 3.8) is 0 Å². The summed E-state index contributed by atoms with van der Waals surface area (Å²) in [5.74, 6) is -0.959. The van der Waals surface area contributed by atoms with Gasteiger partial charge in [-0.1, -0.05) is 116 Å². The number of hydrogen-bond acceptors (Lipinski definition) is 17. The fraction of sp³-hybridized carbons (Fsp3) is 0.465. The van der Waals surface area contributed by atoms with Gasteiger partial charge in [0.2, 0.25) is 29.5 Å². The van der Waals surface area contributed by atoms with Crippen LogP contribution in [-0.4, -0.2) is 127 Å². The maximum Gasteiger partial charge on any atom is 0.303 e. The van der Waals surface area contributed by atoms with Gasteiger partial charge in [-0.25, -0.2) is 0 Å². The lowest BCUT2D eigenvalue weighted by Gasteiger charge is -2.31. The maximum atomic E-state index is 13.3. The molecule has 0 aliphatic heterocycles. The van der Waals surface area contributed by atoms with Crippen molar-refractivity contribution in [1.29, 1.82) is 0 Å². The lowest BCUT2D eigenvalue weighted by molar-refractivity contribution is -0.138. The molecule has 6 rings (SSSR count). The molecule has 6 aromatic carbocycles. The Labute approximate surface area is 665 Å². The highest BCUT2D eigenvalue weighted by Crippen LogP contribution is 2.35. The van der Waals surface area contributed by atoms with E-state index in [2.05, 4.69) is 38.8 Å². The van der Waals surface area contributed by atoms with Crippen molar-refractivity contribution in [2.75, 3.05) is 78.1 Å². The van der Waals surface area contributed by atoms with Gasteiger partial charge >= 0.3 is 5.97 Å². The van der Waals surface area contributed by atoms with Gasteiger partial charge in [-0.05, 0) is 179 Å². The molecule has 0 aliphatic carbocycles. The van der Waals surface area contributed by atoms with E-state index in [4.69, 9.17) is 50.7 Å². The molecule has 0 bridgehead atoms. The van der Waals surface area contributed by atoms with Gasteiger partial charge in [0.05, 0.1) is 86.7 Å². The fourth-order valence-corrected chi connectivity index (χ4v) is 10.4. The number of anilines is 6. The van der Waals surface area contributed by atoms with Gasteiger partial charge in [0, 0.05) is 58.3 Å². The molecule has 0 aliphatic rings. The number of rotatable bonds is 42. The van der Waals surface area contributed by atoms with Crippen LogP contribution in [0, 0.1) is 35.5 Å². The van der Waals surface area contributed by atoms with Crippen molar-refractivity contribution in [2.45, 2.75) is 181 Å². The molecule has 27 nitrogen and oxygen atoms in total. The predicted molar refractivity (Wildman–Crippen MR) is 443 cm³/mol. The number of ether oxygens (including phenoxy) is 6. The maximum absolute atomic E-state index is 13.3. The smallest absolute Gasteiger partial charge is 0.303 e. The number of nitrogens with zero attached hydrogens (tertiary/aromatic N) is 1. The molecule has 0 fully saturated rings. The Morgan fingerprint density at radius 3 is 0.867 bits per heavy atom. The van der Waals surface area contributed by atoms with Crippen LogP contribution in [0.4, 0.5) is 34.1 Å². The summed E-state index contributed by atoms with van der Waals surface area (Å²) in [5.41, 5.74) is 20.7. The van der Waals surface area contributed by atoms with Crippen LogP contribution in [0.5, 0.6) is 34.5 Å². The molecule has 0 spiro atoms. The number of carbonyl (C=O) groups excluding carboxylic acids is 9. The summed E-state index contributed by atoms with van der Waals surface area (Å²) in [6.45, 7) is 36.2. The average molecular weight is 1570 g/mol. The molecule has 0 saturated heterocycles. The zero-order chi connectivity index (χ0) is 84.2. The third-order valence-corrected chi connectivity index (χ3v) is 16.1. The van der Waals surface area contributed by atoms with Gasteiger partial charge < -0.3 is 87.5 Å². The second-order valence-electron chi connectivity index (χ2n) is 30.4. The second-order valence-corrected chi connectivity index (χ2v) is 30.4. The van der Waals surface area contributed by atoms with E-state index in [9.17, 15) is 47.9 Å². The number of amides is 9. The van der Waals surface area contributed by atoms with Crippen molar-refractivity contribution in [1.82, 2.24) is 4.90 Å². The van der Waals surface area contributed by atoms with E-state index in [1.165, 1.54) is 48.9 Å². The molecule has 0 radical (unpaired) electrons. The Morgan fingerprint density at radius 1 is 0.336 bits per heavy atom. The largest absolute Gasteiger partial charge is 0.491 e. The fourth-order valence-electron chi connectivity index (χ4n) is 10.4. The molecule has 27 heteroatoms. The van der Waals surface area contributed by atoms with Crippen molar-refractivity contribution < 1.29 is 81.5 Å². The first kappa shape index (κ1) is 94.2. The Bertz CT molecular complexity index is 4160. The molecule has 0 heterocycles. The Balaban J connectivity index is 0.000000358. The summed E-state index contributed by atoms with van der Waals surface area (Å²) >= 11 is 0. The number of nitrogens with one attached hydrogen (secondary N) is 6. The summed E-state index contributed by atoms with van der Waals surface area (Å²) < 4.78 is 35.3. The van der Waals surface area contributed by atoms with Crippen molar-refractivity contribution in [2.24, 2.45) is 52.7 Å². The first-order chi connectivity index (χ1) is 53.4. The molecule has 6 aromatic rings. The molecule has 113 heavy (non-hydrogen) atoms.